The molecule has 0 amide bonds. The molecule has 0 aromatic rings. The minimum Gasteiger partial charge on any atom is -0.304 e. The van der Waals surface area contributed by atoms with Gasteiger partial charge in [0.2, 0.25) is 0 Å². The lowest BCUT2D eigenvalue weighted by Crippen LogP contribution is -2.21. The van der Waals surface area contributed by atoms with Crippen LogP contribution in [0.3, 0.4) is 0 Å². The van der Waals surface area contributed by atoms with Crippen LogP contribution >= 0.6 is 12.2 Å². The molecule has 0 spiro atoms. The van der Waals surface area contributed by atoms with E-state index in [1.54, 1.807) is 0 Å². The van der Waals surface area contributed by atoms with Gasteiger partial charge in [-0.1, -0.05) is 34.1 Å². The van der Waals surface area contributed by atoms with Crippen molar-refractivity contribution in [2.45, 2.75) is 40.5 Å². The van der Waals surface area contributed by atoms with Crippen LogP contribution in [0, 0.1) is 0 Å². The molecule has 0 bridgehead atoms. The van der Waals surface area contributed by atoms with Crippen molar-refractivity contribution in [1.82, 2.24) is 4.90 Å². The van der Waals surface area contributed by atoms with Crippen LogP contribution in [0.15, 0.2) is 4.99 Å². The highest BCUT2D eigenvalue weighted by molar-refractivity contribution is 7.78. The van der Waals surface area contributed by atoms with Gasteiger partial charge in [-0.25, -0.2) is 4.99 Å². The lowest BCUT2D eigenvalue weighted by molar-refractivity contribution is 0.321. The second kappa shape index (κ2) is 15.2. The summed E-state index contributed by atoms with van der Waals surface area (Å²) in [6, 6.07) is 0. The van der Waals surface area contributed by atoms with Crippen molar-refractivity contribution >= 4 is 17.4 Å². The van der Waals surface area contributed by atoms with Crippen molar-refractivity contribution in [3.05, 3.63) is 0 Å². The number of hydrogen-bond donors (Lipinski definition) is 0. The molecule has 0 aliphatic carbocycles. The molecule has 0 atom stereocenters. The summed E-state index contributed by atoms with van der Waals surface area (Å²) in [5.74, 6) is 0. The Hall–Kier alpha value is -0.240. The first-order chi connectivity index (χ1) is 6.76. The maximum atomic E-state index is 4.35. The fourth-order valence-electron chi connectivity index (χ4n) is 0.954. The van der Waals surface area contributed by atoms with Crippen LogP contribution in [-0.2, 0) is 0 Å². The Labute approximate surface area is 94.4 Å². The molecule has 0 aliphatic heterocycles. The van der Waals surface area contributed by atoms with Gasteiger partial charge in [-0.2, -0.15) is 0 Å². The maximum absolute atomic E-state index is 4.35. The van der Waals surface area contributed by atoms with E-state index in [-0.39, 0.29) is 0 Å². The minimum atomic E-state index is 0.847. The van der Waals surface area contributed by atoms with Crippen molar-refractivity contribution in [2.24, 2.45) is 4.99 Å². The maximum Gasteiger partial charge on any atom is 0.0584 e. The second-order valence-electron chi connectivity index (χ2n) is 2.95. The van der Waals surface area contributed by atoms with Crippen LogP contribution in [0.25, 0.3) is 0 Å². The lowest BCUT2D eigenvalue weighted by Gasteiger charge is -2.13. The monoisotopic (exact) mass is 216 g/mol. The van der Waals surface area contributed by atoms with Gasteiger partial charge in [-0.15, -0.1) is 0 Å². The highest BCUT2D eigenvalue weighted by atomic mass is 32.1. The molecule has 0 N–H and O–H groups in total. The Bertz CT molecular complexity index is 133. The number of thiocarbonyl (C=S) groups is 1. The lowest BCUT2D eigenvalue weighted by atomic mass is 10.3. The van der Waals surface area contributed by atoms with Crippen molar-refractivity contribution in [3.63, 3.8) is 0 Å². The predicted molar refractivity (Wildman–Crippen MR) is 68.3 cm³/mol. The number of aliphatic imine (C=N–C) groups is 1. The SMILES string of the molecule is CCCCN=C=S.CCN(CC)CC. The third kappa shape index (κ3) is 14.3. The Morgan fingerprint density at radius 3 is 1.79 bits per heavy atom. The highest BCUT2D eigenvalue weighted by Crippen LogP contribution is 1.84. The summed E-state index contributed by atoms with van der Waals surface area (Å²) < 4.78 is 0. The Kier molecular flexibility index (Phi) is 17.6. The van der Waals surface area contributed by atoms with E-state index in [0.717, 1.165) is 13.0 Å². The van der Waals surface area contributed by atoms with Crippen molar-refractivity contribution in [2.75, 3.05) is 26.2 Å². The fourth-order valence-corrected chi connectivity index (χ4v) is 1.04. The molecule has 2 nitrogen and oxygen atoms in total. The standard InChI is InChI=1S/C6H15N.C5H9NS/c1-4-7(5-2)6-3;1-2-3-4-6-5-7/h4-6H2,1-3H3;2-4H2,1H3. The van der Waals surface area contributed by atoms with Gasteiger partial charge >= 0.3 is 0 Å². The fraction of sp³-hybridized carbons (Fsp3) is 0.909. The number of nitrogens with zero attached hydrogens (tertiary/aromatic N) is 2. The van der Waals surface area contributed by atoms with E-state index < -0.39 is 0 Å². The van der Waals surface area contributed by atoms with Gasteiger partial charge in [0.25, 0.3) is 0 Å². The summed E-state index contributed by atoms with van der Waals surface area (Å²) in [5, 5.41) is 2.31. The van der Waals surface area contributed by atoms with Gasteiger partial charge in [0.1, 0.15) is 0 Å². The normalized spacial score (nSPS) is 8.93. The minimum absolute atomic E-state index is 0.847. The summed E-state index contributed by atoms with van der Waals surface area (Å²) in [5.41, 5.74) is 0. The molecule has 0 saturated heterocycles. The Morgan fingerprint density at radius 1 is 1.07 bits per heavy atom. The average molecular weight is 216 g/mol. The molecule has 0 rings (SSSR count). The van der Waals surface area contributed by atoms with Crippen molar-refractivity contribution in [1.29, 1.82) is 0 Å². The van der Waals surface area contributed by atoms with E-state index >= 15 is 0 Å². The van der Waals surface area contributed by atoms with Crippen LogP contribution in [-0.4, -0.2) is 36.2 Å². The topological polar surface area (TPSA) is 15.6 Å². The van der Waals surface area contributed by atoms with E-state index in [2.05, 4.69) is 55.0 Å². The first-order valence-corrected chi connectivity index (χ1v) is 5.93. The smallest absolute Gasteiger partial charge is 0.0584 e. The van der Waals surface area contributed by atoms with E-state index in [1.165, 1.54) is 26.1 Å². The highest BCUT2D eigenvalue weighted by Gasteiger charge is 1.89. The van der Waals surface area contributed by atoms with Gasteiger partial charge in [-0.3, -0.25) is 0 Å². The zero-order valence-electron chi connectivity index (χ0n) is 10.0. The van der Waals surface area contributed by atoms with E-state index in [0.29, 0.717) is 0 Å². The van der Waals surface area contributed by atoms with E-state index in [4.69, 9.17) is 0 Å². The summed E-state index contributed by atoms with van der Waals surface area (Å²) in [6.45, 7) is 13.1. The summed E-state index contributed by atoms with van der Waals surface area (Å²) in [6.07, 6.45) is 2.31. The third-order valence-corrected chi connectivity index (χ3v) is 2.16. The average Bonchev–Trinajstić information content (AvgIpc) is 2.22. The van der Waals surface area contributed by atoms with Crippen LogP contribution in [0.5, 0.6) is 0 Å². The van der Waals surface area contributed by atoms with Gasteiger partial charge in [0.05, 0.1) is 5.16 Å². The molecular weight excluding hydrogens is 192 g/mol. The van der Waals surface area contributed by atoms with E-state index in [9.17, 15) is 0 Å². The molecule has 3 heteroatoms. The molecule has 0 fully saturated rings. The first-order valence-electron chi connectivity index (χ1n) is 5.52. The Balaban J connectivity index is 0. The molecule has 0 aromatic heterocycles. The van der Waals surface area contributed by atoms with Crippen LogP contribution in [0.4, 0.5) is 0 Å². The molecule has 0 aliphatic rings. The first kappa shape index (κ1) is 16.2. The molecule has 14 heavy (non-hydrogen) atoms. The van der Waals surface area contributed by atoms with Crippen LogP contribution in [0.2, 0.25) is 0 Å². The summed E-state index contributed by atoms with van der Waals surface area (Å²) in [7, 11) is 0. The van der Waals surface area contributed by atoms with Crippen molar-refractivity contribution < 1.29 is 0 Å². The largest absolute Gasteiger partial charge is 0.304 e. The van der Waals surface area contributed by atoms with Gasteiger partial charge in [0.15, 0.2) is 0 Å². The summed E-state index contributed by atoms with van der Waals surface area (Å²) in [4.78, 5) is 6.10. The molecular formula is C11H24N2S. The molecule has 0 unspecified atom stereocenters. The Morgan fingerprint density at radius 2 is 1.57 bits per heavy atom. The molecule has 0 saturated carbocycles. The van der Waals surface area contributed by atoms with E-state index in [1.807, 2.05) is 0 Å². The van der Waals surface area contributed by atoms with Crippen LogP contribution < -0.4 is 0 Å². The zero-order chi connectivity index (χ0) is 11.2. The van der Waals surface area contributed by atoms with Crippen LogP contribution in [0.1, 0.15) is 40.5 Å². The van der Waals surface area contributed by atoms with Crippen molar-refractivity contribution in [3.8, 4) is 0 Å². The number of rotatable bonds is 6. The van der Waals surface area contributed by atoms with Gasteiger partial charge in [-0.05, 0) is 38.3 Å². The number of unbranched alkanes of at least 4 members (excludes halogenated alkanes) is 1. The zero-order valence-corrected chi connectivity index (χ0v) is 10.9. The molecule has 0 radical (unpaired) electrons. The summed E-state index contributed by atoms with van der Waals surface area (Å²) >= 11 is 4.35. The number of isothiocyanates is 1. The molecule has 0 aromatic carbocycles. The number of hydrogen-bond acceptors (Lipinski definition) is 3. The molecule has 84 valence electrons. The quantitative estimate of drug-likeness (QED) is 0.385. The predicted octanol–water partition coefficient (Wildman–Crippen LogP) is 3.24. The second-order valence-corrected chi connectivity index (χ2v) is 3.13. The van der Waals surface area contributed by atoms with Gasteiger partial charge < -0.3 is 4.90 Å². The third-order valence-electron chi connectivity index (χ3n) is 2.03. The van der Waals surface area contributed by atoms with Gasteiger partial charge in [0, 0.05) is 6.54 Å². The molecule has 0 heterocycles.